The maximum Gasteiger partial charge on any atom is 0.341 e. The minimum Gasteiger partial charge on any atom is -0.479 e. The Kier molecular flexibility index (Phi) is 3.57. The lowest BCUT2D eigenvalue weighted by Crippen LogP contribution is -2.09. The molecule has 13 heavy (non-hydrogen) atoms. The zero-order valence-corrected chi connectivity index (χ0v) is 8.80. The average molecular weight is 265 g/mol. The van der Waals surface area contributed by atoms with Gasteiger partial charge in [0, 0.05) is 0 Å². The molecule has 0 radical (unpaired) electrons. The van der Waals surface area contributed by atoms with E-state index in [0.717, 1.165) is 0 Å². The first-order valence-electron chi connectivity index (χ1n) is 3.40. The lowest BCUT2D eigenvalue weighted by atomic mass is 10.3. The van der Waals surface area contributed by atoms with Crippen LogP contribution in [0.1, 0.15) is 0 Å². The number of carboxylic acids is 1. The van der Waals surface area contributed by atoms with Gasteiger partial charge in [-0.15, -0.1) is 0 Å². The van der Waals surface area contributed by atoms with E-state index in [0.29, 0.717) is 15.2 Å². The minimum atomic E-state index is -1.04. The van der Waals surface area contributed by atoms with Gasteiger partial charge in [0.2, 0.25) is 0 Å². The van der Waals surface area contributed by atoms with Crippen LogP contribution < -0.4 is 4.74 Å². The number of hydrogen-bond donors (Lipinski definition) is 1. The Morgan fingerprint density at radius 3 is 2.85 bits per heavy atom. The van der Waals surface area contributed by atoms with Crippen LogP contribution in [0.15, 0.2) is 22.7 Å². The quantitative estimate of drug-likeness (QED) is 0.913. The summed E-state index contributed by atoms with van der Waals surface area (Å²) in [5, 5.41) is 8.76. The first-order chi connectivity index (χ1) is 6.11. The van der Waals surface area contributed by atoms with Crippen LogP contribution in [0.3, 0.4) is 0 Å². The first-order valence-corrected chi connectivity index (χ1v) is 4.57. The molecule has 0 amide bonds. The van der Waals surface area contributed by atoms with E-state index in [2.05, 4.69) is 15.9 Å². The molecule has 1 rings (SSSR count). The highest BCUT2D eigenvalue weighted by molar-refractivity contribution is 9.10. The fourth-order valence-electron chi connectivity index (χ4n) is 0.754. The van der Waals surface area contributed by atoms with E-state index >= 15 is 0 Å². The smallest absolute Gasteiger partial charge is 0.341 e. The summed E-state index contributed by atoms with van der Waals surface area (Å²) in [6, 6.07) is 5.09. The minimum absolute atomic E-state index is 0.353. The molecule has 1 aromatic carbocycles. The van der Waals surface area contributed by atoms with Crippen LogP contribution >= 0.6 is 27.5 Å². The Hall–Kier alpha value is -0.740. The normalized spacial score (nSPS) is 9.69. The lowest BCUT2D eigenvalue weighted by molar-refractivity contribution is -0.139. The van der Waals surface area contributed by atoms with Gasteiger partial charge in [0.1, 0.15) is 0 Å². The molecule has 0 bridgehead atoms. The number of carboxylic acid groups (broad SMARTS) is 1. The summed E-state index contributed by atoms with van der Waals surface area (Å²) in [5.41, 5.74) is 0. The highest BCUT2D eigenvalue weighted by Gasteiger charge is 2.07. The van der Waals surface area contributed by atoms with E-state index in [-0.39, 0.29) is 0 Å². The molecule has 70 valence electrons. The maximum atomic E-state index is 10.2. The second kappa shape index (κ2) is 4.48. The second-order valence-electron chi connectivity index (χ2n) is 2.23. The summed E-state index contributed by atoms with van der Waals surface area (Å²) >= 11 is 8.96. The topological polar surface area (TPSA) is 46.5 Å². The monoisotopic (exact) mass is 264 g/mol. The van der Waals surface area contributed by atoms with Gasteiger partial charge in [-0.3, -0.25) is 0 Å². The van der Waals surface area contributed by atoms with Crippen LogP contribution in [0, 0.1) is 0 Å². The molecule has 0 heterocycles. The highest BCUT2D eigenvalue weighted by atomic mass is 79.9. The Bertz CT molecular complexity index is 307. The van der Waals surface area contributed by atoms with Gasteiger partial charge < -0.3 is 9.84 Å². The standard InChI is InChI=1S/C8H6BrClO3/c9-5-2-1-3-6(10)8(5)13-4-7(11)12/h1-3H,4H2,(H,11,12). The predicted molar refractivity (Wildman–Crippen MR) is 52.3 cm³/mol. The third kappa shape index (κ3) is 2.90. The van der Waals surface area contributed by atoms with Crippen molar-refractivity contribution in [2.75, 3.05) is 6.61 Å². The average Bonchev–Trinajstić information content (AvgIpc) is 2.03. The van der Waals surface area contributed by atoms with Crippen LogP contribution in [0.5, 0.6) is 5.75 Å². The summed E-state index contributed by atoms with van der Waals surface area (Å²) in [6.07, 6.45) is 0. The summed E-state index contributed by atoms with van der Waals surface area (Å²) in [4.78, 5) is 10.2. The SMILES string of the molecule is O=C(O)COc1c(Cl)cccc1Br. The third-order valence-corrected chi connectivity index (χ3v) is 2.18. The van der Waals surface area contributed by atoms with E-state index in [1.807, 2.05) is 0 Å². The van der Waals surface area contributed by atoms with Crippen LogP contribution in [-0.2, 0) is 4.79 Å². The number of hydrogen-bond acceptors (Lipinski definition) is 2. The van der Waals surface area contributed by atoms with Gasteiger partial charge in [-0.1, -0.05) is 17.7 Å². The predicted octanol–water partition coefficient (Wildman–Crippen LogP) is 2.57. The van der Waals surface area contributed by atoms with E-state index in [4.69, 9.17) is 21.4 Å². The van der Waals surface area contributed by atoms with E-state index in [1.165, 1.54) is 0 Å². The van der Waals surface area contributed by atoms with Crippen molar-refractivity contribution in [1.82, 2.24) is 0 Å². The Morgan fingerprint density at radius 1 is 1.62 bits per heavy atom. The van der Waals surface area contributed by atoms with Crippen LogP contribution in [0.2, 0.25) is 5.02 Å². The maximum absolute atomic E-state index is 10.2. The number of halogens is 2. The number of benzene rings is 1. The summed E-state index contributed by atoms with van der Waals surface area (Å²) < 4.78 is 5.59. The van der Waals surface area contributed by atoms with E-state index in [1.54, 1.807) is 18.2 Å². The summed E-state index contributed by atoms with van der Waals surface area (Å²) in [6.45, 7) is -0.400. The fraction of sp³-hybridized carbons (Fsp3) is 0.125. The van der Waals surface area contributed by atoms with Gasteiger partial charge in [-0.2, -0.15) is 0 Å². The highest BCUT2D eigenvalue weighted by Crippen LogP contribution is 2.32. The number of para-hydroxylation sites is 1. The molecule has 1 N–H and O–H groups in total. The van der Waals surface area contributed by atoms with E-state index in [9.17, 15) is 4.79 Å². The van der Waals surface area contributed by atoms with Gasteiger partial charge in [0.15, 0.2) is 12.4 Å². The van der Waals surface area contributed by atoms with Gasteiger partial charge in [0.05, 0.1) is 9.50 Å². The molecule has 0 aliphatic rings. The third-order valence-electron chi connectivity index (χ3n) is 1.26. The molecular formula is C8H6BrClO3. The number of ether oxygens (including phenoxy) is 1. The second-order valence-corrected chi connectivity index (χ2v) is 3.49. The molecule has 0 spiro atoms. The number of aliphatic carboxylic acids is 1. The van der Waals surface area contributed by atoms with Crippen molar-refractivity contribution in [3.63, 3.8) is 0 Å². The Balaban J connectivity index is 2.81. The molecule has 5 heteroatoms. The molecule has 0 aliphatic heterocycles. The van der Waals surface area contributed by atoms with Gasteiger partial charge in [0.25, 0.3) is 0 Å². The first kappa shape index (κ1) is 10.3. The van der Waals surface area contributed by atoms with Crippen molar-refractivity contribution in [2.45, 2.75) is 0 Å². The fourth-order valence-corrected chi connectivity index (χ4v) is 1.58. The Morgan fingerprint density at radius 2 is 2.31 bits per heavy atom. The number of carbonyl (C=O) groups is 1. The van der Waals surface area contributed by atoms with Crippen molar-refractivity contribution in [3.05, 3.63) is 27.7 Å². The largest absolute Gasteiger partial charge is 0.479 e. The van der Waals surface area contributed by atoms with Gasteiger partial charge >= 0.3 is 5.97 Å². The molecule has 0 unspecified atom stereocenters. The lowest BCUT2D eigenvalue weighted by Gasteiger charge is -2.06. The van der Waals surface area contributed by atoms with Crippen molar-refractivity contribution >= 4 is 33.5 Å². The summed E-state index contributed by atoms with van der Waals surface area (Å²) in [7, 11) is 0. The van der Waals surface area contributed by atoms with Crippen molar-refractivity contribution in [3.8, 4) is 5.75 Å². The van der Waals surface area contributed by atoms with Crippen molar-refractivity contribution in [2.24, 2.45) is 0 Å². The van der Waals surface area contributed by atoms with Gasteiger partial charge in [-0.05, 0) is 28.1 Å². The Labute approximate surface area is 88.4 Å². The molecular weight excluding hydrogens is 259 g/mol. The molecule has 3 nitrogen and oxygen atoms in total. The molecule has 0 aromatic heterocycles. The van der Waals surface area contributed by atoms with Crippen LogP contribution in [0.4, 0.5) is 0 Å². The molecule has 0 fully saturated rings. The molecule has 0 aliphatic carbocycles. The van der Waals surface area contributed by atoms with E-state index < -0.39 is 12.6 Å². The van der Waals surface area contributed by atoms with Crippen LogP contribution in [-0.4, -0.2) is 17.7 Å². The zero-order valence-electron chi connectivity index (χ0n) is 6.46. The van der Waals surface area contributed by atoms with Crippen molar-refractivity contribution < 1.29 is 14.6 Å². The van der Waals surface area contributed by atoms with Gasteiger partial charge in [-0.25, -0.2) is 4.79 Å². The molecule has 0 saturated carbocycles. The van der Waals surface area contributed by atoms with Crippen LogP contribution in [0.25, 0.3) is 0 Å². The van der Waals surface area contributed by atoms with Crippen molar-refractivity contribution in [1.29, 1.82) is 0 Å². The molecule has 0 atom stereocenters. The molecule has 1 aromatic rings. The summed E-state index contributed by atoms with van der Waals surface area (Å²) in [5.74, 6) is -0.682. The number of rotatable bonds is 3. The molecule has 0 saturated heterocycles. The zero-order chi connectivity index (χ0) is 9.84.